The lowest BCUT2D eigenvalue weighted by Crippen LogP contribution is -2.08. The van der Waals surface area contributed by atoms with Gasteiger partial charge >= 0.3 is 0 Å². The summed E-state index contributed by atoms with van der Waals surface area (Å²) < 4.78 is 5.81. The van der Waals surface area contributed by atoms with E-state index in [2.05, 4.69) is 19.9 Å². The maximum Gasteiger partial charge on any atom is 0.111 e. The van der Waals surface area contributed by atoms with Gasteiger partial charge in [0.2, 0.25) is 0 Å². The van der Waals surface area contributed by atoms with Crippen molar-refractivity contribution < 1.29 is 4.42 Å². The lowest BCUT2D eigenvalue weighted by atomic mass is 10.1. The third-order valence-corrected chi connectivity index (χ3v) is 2.85. The molecule has 1 aliphatic carbocycles. The summed E-state index contributed by atoms with van der Waals surface area (Å²) in [5, 5.41) is 0. The number of nitrogens with two attached hydrogens (primary N) is 1. The quantitative estimate of drug-likeness (QED) is 0.757. The van der Waals surface area contributed by atoms with E-state index in [0.29, 0.717) is 11.8 Å². The lowest BCUT2D eigenvalue weighted by Gasteiger charge is -2.05. The van der Waals surface area contributed by atoms with Gasteiger partial charge in [-0.15, -0.1) is 0 Å². The molecule has 2 nitrogen and oxygen atoms in total. The van der Waals surface area contributed by atoms with Gasteiger partial charge in [0.05, 0.1) is 0 Å². The van der Waals surface area contributed by atoms with Crippen LogP contribution in [0.15, 0.2) is 10.5 Å². The van der Waals surface area contributed by atoms with Gasteiger partial charge in [0.15, 0.2) is 0 Å². The van der Waals surface area contributed by atoms with E-state index < -0.39 is 0 Å². The highest BCUT2D eigenvalue weighted by molar-refractivity contribution is 5.30. The van der Waals surface area contributed by atoms with Crippen LogP contribution >= 0.6 is 0 Å². The Kier molecular flexibility index (Phi) is 2.16. The summed E-state index contributed by atoms with van der Waals surface area (Å²) >= 11 is 0. The van der Waals surface area contributed by atoms with Crippen molar-refractivity contribution in [3.63, 3.8) is 0 Å². The fraction of sp³-hybridized carbons (Fsp3) is 0.636. The standard InChI is InChI=1S/C11H17NO/c1-7(2)10-5-8-3-4-9(6-12)11(8)13-10/h5,7,9H,3-4,6,12H2,1-2H3. The Morgan fingerprint density at radius 3 is 3.00 bits per heavy atom. The number of hydrogen-bond acceptors (Lipinski definition) is 2. The second-order valence-electron chi connectivity index (χ2n) is 4.16. The molecule has 0 spiro atoms. The van der Waals surface area contributed by atoms with Gasteiger partial charge in [0.1, 0.15) is 11.5 Å². The summed E-state index contributed by atoms with van der Waals surface area (Å²) in [5.41, 5.74) is 7.06. The molecule has 0 fully saturated rings. The Balaban J connectivity index is 2.31. The number of hydrogen-bond donors (Lipinski definition) is 1. The van der Waals surface area contributed by atoms with Gasteiger partial charge in [0, 0.05) is 18.4 Å². The molecule has 0 amide bonds. The highest BCUT2D eigenvalue weighted by Gasteiger charge is 2.26. The molecule has 2 rings (SSSR count). The summed E-state index contributed by atoms with van der Waals surface area (Å²) in [6.45, 7) is 5.04. The van der Waals surface area contributed by atoms with Crippen molar-refractivity contribution in [2.75, 3.05) is 6.54 Å². The first-order valence-corrected chi connectivity index (χ1v) is 5.05. The van der Waals surface area contributed by atoms with Crippen LogP contribution in [0.3, 0.4) is 0 Å². The van der Waals surface area contributed by atoms with Gasteiger partial charge in [-0.05, 0) is 24.5 Å². The maximum absolute atomic E-state index is 5.81. The third kappa shape index (κ3) is 1.39. The molecule has 0 radical (unpaired) electrons. The van der Waals surface area contributed by atoms with E-state index in [1.165, 1.54) is 12.0 Å². The predicted octanol–water partition coefficient (Wildman–Crippen LogP) is 2.39. The topological polar surface area (TPSA) is 39.2 Å². The first-order chi connectivity index (χ1) is 6.22. The average molecular weight is 179 g/mol. The van der Waals surface area contributed by atoms with Crippen molar-refractivity contribution in [2.24, 2.45) is 5.73 Å². The Hall–Kier alpha value is -0.760. The molecule has 1 atom stereocenters. The molecule has 1 heterocycles. The zero-order chi connectivity index (χ0) is 9.42. The van der Waals surface area contributed by atoms with Crippen LogP contribution < -0.4 is 5.73 Å². The van der Waals surface area contributed by atoms with E-state index >= 15 is 0 Å². The zero-order valence-electron chi connectivity index (χ0n) is 8.34. The van der Waals surface area contributed by atoms with Crippen molar-refractivity contribution in [3.05, 3.63) is 23.2 Å². The molecule has 0 aliphatic heterocycles. The van der Waals surface area contributed by atoms with Gasteiger partial charge in [-0.1, -0.05) is 13.8 Å². The van der Waals surface area contributed by atoms with E-state index in [0.717, 1.165) is 24.5 Å². The van der Waals surface area contributed by atoms with Gasteiger partial charge in [-0.3, -0.25) is 0 Å². The van der Waals surface area contributed by atoms with Gasteiger partial charge in [-0.2, -0.15) is 0 Å². The Morgan fingerprint density at radius 2 is 2.38 bits per heavy atom. The Morgan fingerprint density at radius 1 is 1.62 bits per heavy atom. The minimum absolute atomic E-state index is 0.475. The van der Waals surface area contributed by atoms with E-state index in [9.17, 15) is 0 Å². The van der Waals surface area contributed by atoms with E-state index in [-0.39, 0.29) is 0 Å². The molecule has 2 heteroatoms. The predicted molar refractivity (Wildman–Crippen MR) is 52.9 cm³/mol. The molecular weight excluding hydrogens is 162 g/mol. The Labute approximate surface area is 79.1 Å². The number of furan rings is 1. The second-order valence-corrected chi connectivity index (χ2v) is 4.16. The molecule has 1 unspecified atom stereocenters. The number of aryl methyl sites for hydroxylation is 1. The first kappa shape index (κ1) is 8.82. The fourth-order valence-corrected chi connectivity index (χ4v) is 1.98. The largest absolute Gasteiger partial charge is 0.465 e. The monoisotopic (exact) mass is 179 g/mol. The smallest absolute Gasteiger partial charge is 0.111 e. The SMILES string of the molecule is CC(C)c1cc2c(o1)C(CN)CC2. The van der Waals surface area contributed by atoms with Crippen LogP contribution in [0.5, 0.6) is 0 Å². The lowest BCUT2D eigenvalue weighted by molar-refractivity contribution is 0.422. The van der Waals surface area contributed by atoms with Crippen LogP contribution in [0.25, 0.3) is 0 Å². The van der Waals surface area contributed by atoms with Gasteiger partial charge < -0.3 is 10.2 Å². The van der Waals surface area contributed by atoms with E-state index in [1.54, 1.807) is 0 Å². The highest BCUT2D eigenvalue weighted by atomic mass is 16.3. The molecule has 1 aliphatic rings. The molecular formula is C11H17NO. The summed E-state index contributed by atoms with van der Waals surface area (Å²) in [5.74, 6) is 3.24. The molecule has 0 bridgehead atoms. The molecule has 0 saturated carbocycles. The highest BCUT2D eigenvalue weighted by Crippen LogP contribution is 2.36. The minimum Gasteiger partial charge on any atom is -0.465 e. The number of fused-ring (bicyclic) bond motifs is 1. The van der Waals surface area contributed by atoms with Crippen LogP contribution in [0, 0.1) is 0 Å². The van der Waals surface area contributed by atoms with Crippen LogP contribution in [-0.2, 0) is 6.42 Å². The van der Waals surface area contributed by atoms with Crippen LogP contribution in [0.2, 0.25) is 0 Å². The Bertz CT molecular complexity index is 301. The molecule has 1 aromatic heterocycles. The van der Waals surface area contributed by atoms with Crippen LogP contribution in [-0.4, -0.2) is 6.54 Å². The van der Waals surface area contributed by atoms with Crippen molar-refractivity contribution in [2.45, 2.75) is 38.5 Å². The first-order valence-electron chi connectivity index (χ1n) is 5.05. The minimum atomic E-state index is 0.475. The summed E-state index contributed by atoms with van der Waals surface area (Å²) in [6.07, 6.45) is 2.32. The molecule has 0 aromatic carbocycles. The second kappa shape index (κ2) is 3.18. The van der Waals surface area contributed by atoms with E-state index in [1.807, 2.05) is 0 Å². The zero-order valence-corrected chi connectivity index (χ0v) is 8.34. The maximum atomic E-state index is 5.81. The van der Waals surface area contributed by atoms with Crippen molar-refractivity contribution in [3.8, 4) is 0 Å². The van der Waals surface area contributed by atoms with E-state index in [4.69, 9.17) is 10.2 Å². The summed E-state index contributed by atoms with van der Waals surface area (Å²) in [7, 11) is 0. The van der Waals surface area contributed by atoms with Gasteiger partial charge in [0.25, 0.3) is 0 Å². The normalized spacial score (nSPS) is 21.1. The average Bonchev–Trinajstić information content (AvgIpc) is 2.60. The van der Waals surface area contributed by atoms with Crippen molar-refractivity contribution >= 4 is 0 Å². The molecule has 2 N–H and O–H groups in total. The van der Waals surface area contributed by atoms with Crippen molar-refractivity contribution in [1.82, 2.24) is 0 Å². The summed E-state index contributed by atoms with van der Waals surface area (Å²) in [4.78, 5) is 0. The summed E-state index contributed by atoms with van der Waals surface area (Å²) in [6, 6.07) is 2.20. The third-order valence-electron chi connectivity index (χ3n) is 2.85. The van der Waals surface area contributed by atoms with Crippen LogP contribution in [0.4, 0.5) is 0 Å². The number of rotatable bonds is 2. The molecule has 72 valence electrons. The van der Waals surface area contributed by atoms with Gasteiger partial charge in [-0.25, -0.2) is 0 Å². The van der Waals surface area contributed by atoms with Crippen LogP contribution in [0.1, 0.15) is 49.2 Å². The molecule has 13 heavy (non-hydrogen) atoms. The molecule has 0 saturated heterocycles. The molecule has 1 aromatic rings. The van der Waals surface area contributed by atoms with Crippen molar-refractivity contribution in [1.29, 1.82) is 0 Å². The fourth-order valence-electron chi connectivity index (χ4n) is 1.98.